The molecule has 6 nitrogen and oxygen atoms in total. The van der Waals surface area contributed by atoms with Gasteiger partial charge in [0.05, 0.1) is 25.6 Å². The smallest absolute Gasteiger partial charge is 0.306 e. The Morgan fingerprint density at radius 3 is 2.49 bits per heavy atom. The Hall–Kier alpha value is -1.14. The number of esters is 1. The summed E-state index contributed by atoms with van der Waals surface area (Å²) in [5, 5.41) is 8.87. The van der Waals surface area contributed by atoms with Crippen molar-refractivity contribution in [3.8, 4) is 0 Å². The number of carbonyl (C=O) groups excluding carboxylic acids is 1. The number of ether oxygens (including phenoxy) is 3. The Morgan fingerprint density at radius 1 is 0.946 bits per heavy atom. The molecule has 5 unspecified atom stereocenters. The van der Waals surface area contributed by atoms with Gasteiger partial charge in [0, 0.05) is 12.3 Å². The number of carbonyl (C=O) groups is 2. The molecule has 2 heterocycles. The molecular weight excluding hydrogens is 468 g/mol. The molecule has 0 aromatic heterocycles. The monoisotopic (exact) mass is 516 g/mol. The van der Waals surface area contributed by atoms with E-state index >= 15 is 0 Å². The third-order valence-corrected chi connectivity index (χ3v) is 12.7. The molecule has 0 amide bonds. The molecule has 1 spiro atoms. The number of carboxylic acid groups (broad SMARTS) is 1. The van der Waals surface area contributed by atoms with Gasteiger partial charge in [-0.15, -0.1) is 0 Å². The van der Waals surface area contributed by atoms with E-state index in [2.05, 4.69) is 27.7 Å². The minimum atomic E-state index is -0.942. The SMILES string of the molecule is C[C@@H]1CCO[C@]2(C1)O[C@H]1CC3C4CCC5C[C@@H](OC(=O)CCC(=O)O)CC[C@]5(C)C4CC[C@]3(C)C1[C@@H]2C. The van der Waals surface area contributed by atoms with Gasteiger partial charge in [0.2, 0.25) is 0 Å². The molecule has 0 bridgehead atoms. The van der Waals surface area contributed by atoms with Crippen molar-refractivity contribution in [1.82, 2.24) is 0 Å². The highest BCUT2D eigenvalue weighted by Gasteiger charge is 2.69. The number of carboxylic acids is 1. The minimum absolute atomic E-state index is 0.0210. The van der Waals surface area contributed by atoms with Crippen molar-refractivity contribution in [2.45, 2.75) is 123 Å². The van der Waals surface area contributed by atoms with Crippen LogP contribution in [0.5, 0.6) is 0 Å². The Kier molecular flexibility index (Phi) is 6.50. The van der Waals surface area contributed by atoms with E-state index in [0.29, 0.717) is 40.6 Å². The molecule has 0 radical (unpaired) electrons. The van der Waals surface area contributed by atoms with E-state index in [1.54, 1.807) is 0 Å². The predicted octanol–water partition coefficient (Wildman–Crippen LogP) is 6.21. The fraction of sp³-hybridized carbons (Fsp3) is 0.935. The quantitative estimate of drug-likeness (QED) is 0.448. The summed E-state index contributed by atoms with van der Waals surface area (Å²) in [4.78, 5) is 23.0. The van der Waals surface area contributed by atoms with Gasteiger partial charge in [-0.3, -0.25) is 9.59 Å². The first kappa shape index (κ1) is 26.1. The lowest BCUT2D eigenvalue weighted by atomic mass is 9.44. The van der Waals surface area contributed by atoms with Crippen molar-refractivity contribution in [1.29, 1.82) is 0 Å². The van der Waals surface area contributed by atoms with E-state index in [-0.39, 0.29) is 30.7 Å². The Morgan fingerprint density at radius 2 is 1.73 bits per heavy atom. The van der Waals surface area contributed by atoms with Crippen LogP contribution in [0.15, 0.2) is 0 Å². The second-order valence-electron chi connectivity index (χ2n) is 14.4. The molecular formula is C31H48O6. The van der Waals surface area contributed by atoms with Gasteiger partial charge in [-0.25, -0.2) is 0 Å². The van der Waals surface area contributed by atoms with Gasteiger partial charge in [-0.1, -0.05) is 27.7 Å². The van der Waals surface area contributed by atoms with Crippen LogP contribution in [0.3, 0.4) is 0 Å². The molecule has 0 aromatic rings. The lowest BCUT2D eigenvalue weighted by Crippen LogP contribution is -2.55. The summed E-state index contributed by atoms with van der Waals surface area (Å²) >= 11 is 0. The van der Waals surface area contributed by atoms with Gasteiger partial charge in [0.1, 0.15) is 6.10 Å². The molecule has 6 aliphatic rings. The van der Waals surface area contributed by atoms with Gasteiger partial charge in [0.25, 0.3) is 0 Å². The first-order chi connectivity index (χ1) is 17.6. The molecule has 4 aliphatic carbocycles. The molecule has 12 atom stereocenters. The minimum Gasteiger partial charge on any atom is -0.481 e. The fourth-order valence-corrected chi connectivity index (χ4v) is 10.9. The second-order valence-corrected chi connectivity index (χ2v) is 14.4. The topological polar surface area (TPSA) is 82.1 Å². The standard InChI is InChI=1S/C31H48O6/c1-18-11-14-35-31(17-18)19(2)28-25(37-31)16-24-22-6-5-20-15-21(36-27(34)8-7-26(32)33)9-12-29(20,3)23(22)10-13-30(24,28)4/h18-25,28H,5-17H2,1-4H3,(H,32,33)/t18-,19+,20?,21+,22?,23?,24?,25+,28?,29+,30+,31-/m1/s1. The average Bonchev–Trinajstić information content (AvgIpc) is 3.27. The fourth-order valence-electron chi connectivity index (χ4n) is 10.9. The van der Waals surface area contributed by atoms with Gasteiger partial charge in [-0.05, 0) is 104 Å². The summed E-state index contributed by atoms with van der Waals surface area (Å²) in [5.74, 6) is 2.98. The van der Waals surface area contributed by atoms with Crippen molar-refractivity contribution < 1.29 is 28.9 Å². The molecule has 37 heavy (non-hydrogen) atoms. The molecule has 208 valence electrons. The largest absolute Gasteiger partial charge is 0.481 e. The third kappa shape index (κ3) is 4.10. The highest BCUT2D eigenvalue weighted by Crippen LogP contribution is 2.71. The van der Waals surface area contributed by atoms with Crippen LogP contribution in [0.4, 0.5) is 0 Å². The van der Waals surface area contributed by atoms with E-state index in [1.807, 2.05) is 0 Å². The zero-order chi connectivity index (χ0) is 26.2. The maximum absolute atomic E-state index is 12.2. The van der Waals surface area contributed by atoms with Gasteiger partial charge in [-0.2, -0.15) is 0 Å². The Labute approximate surface area is 222 Å². The first-order valence-electron chi connectivity index (χ1n) is 15.3. The normalized spacial score (nSPS) is 52.6. The molecule has 2 saturated heterocycles. The summed E-state index contributed by atoms with van der Waals surface area (Å²) in [5.41, 5.74) is 0.667. The van der Waals surface area contributed by atoms with Gasteiger partial charge < -0.3 is 19.3 Å². The molecule has 2 aliphatic heterocycles. The van der Waals surface area contributed by atoms with Gasteiger partial charge >= 0.3 is 11.9 Å². The number of hydrogen-bond acceptors (Lipinski definition) is 5. The first-order valence-corrected chi connectivity index (χ1v) is 15.3. The molecule has 0 aromatic carbocycles. The zero-order valence-electron chi connectivity index (χ0n) is 23.4. The van der Waals surface area contributed by atoms with Crippen LogP contribution >= 0.6 is 0 Å². The van der Waals surface area contributed by atoms with Crippen LogP contribution < -0.4 is 0 Å². The van der Waals surface area contributed by atoms with Crippen molar-refractivity contribution in [3.05, 3.63) is 0 Å². The predicted molar refractivity (Wildman–Crippen MR) is 138 cm³/mol. The Bertz CT molecular complexity index is 919. The van der Waals surface area contributed by atoms with E-state index in [1.165, 1.54) is 32.1 Å². The number of aliphatic carboxylic acids is 1. The van der Waals surface area contributed by atoms with Crippen LogP contribution in [0.2, 0.25) is 0 Å². The lowest BCUT2D eigenvalue weighted by molar-refractivity contribution is -0.273. The van der Waals surface area contributed by atoms with Crippen LogP contribution in [0.1, 0.15) is 105 Å². The zero-order valence-corrected chi connectivity index (χ0v) is 23.4. The summed E-state index contributed by atoms with van der Waals surface area (Å²) in [7, 11) is 0. The molecule has 4 saturated carbocycles. The highest BCUT2D eigenvalue weighted by molar-refractivity contribution is 5.76. The molecule has 6 rings (SSSR count). The van der Waals surface area contributed by atoms with Crippen molar-refractivity contribution in [2.24, 2.45) is 52.3 Å². The van der Waals surface area contributed by atoms with Crippen LogP contribution in [0.25, 0.3) is 0 Å². The van der Waals surface area contributed by atoms with E-state index in [4.69, 9.17) is 19.3 Å². The van der Waals surface area contributed by atoms with Crippen LogP contribution in [-0.2, 0) is 23.8 Å². The molecule has 6 fully saturated rings. The molecule has 1 N–H and O–H groups in total. The van der Waals surface area contributed by atoms with E-state index in [9.17, 15) is 9.59 Å². The number of fused-ring (bicyclic) bond motifs is 7. The average molecular weight is 517 g/mol. The van der Waals surface area contributed by atoms with Gasteiger partial charge in [0.15, 0.2) is 5.79 Å². The maximum atomic E-state index is 12.2. The summed E-state index contributed by atoms with van der Waals surface area (Å²) in [6, 6.07) is 0. The van der Waals surface area contributed by atoms with Crippen molar-refractivity contribution in [3.63, 3.8) is 0 Å². The maximum Gasteiger partial charge on any atom is 0.306 e. The summed E-state index contributed by atoms with van der Waals surface area (Å²) in [6.07, 6.45) is 11.7. The van der Waals surface area contributed by atoms with Crippen molar-refractivity contribution in [2.75, 3.05) is 6.61 Å². The third-order valence-electron chi connectivity index (χ3n) is 12.7. The second kappa shape index (κ2) is 9.21. The van der Waals surface area contributed by atoms with E-state index < -0.39 is 5.97 Å². The highest BCUT2D eigenvalue weighted by atomic mass is 16.7. The summed E-state index contributed by atoms with van der Waals surface area (Å²) < 4.78 is 19.1. The molecule has 6 heteroatoms. The number of rotatable bonds is 4. The van der Waals surface area contributed by atoms with Crippen LogP contribution in [-0.4, -0.2) is 41.6 Å². The summed E-state index contributed by atoms with van der Waals surface area (Å²) in [6.45, 7) is 10.8. The van der Waals surface area contributed by atoms with Crippen molar-refractivity contribution >= 4 is 11.9 Å². The van der Waals surface area contributed by atoms with Crippen LogP contribution in [0, 0.1) is 52.3 Å². The number of hydrogen-bond donors (Lipinski definition) is 1. The lowest BCUT2D eigenvalue weighted by Gasteiger charge is -2.61. The van der Waals surface area contributed by atoms with E-state index in [0.717, 1.165) is 56.5 Å². The Balaban J connectivity index is 1.14.